The van der Waals surface area contributed by atoms with Gasteiger partial charge in [-0.05, 0) is 24.3 Å². The smallest absolute Gasteiger partial charge is 0.146 e. The summed E-state index contributed by atoms with van der Waals surface area (Å²) in [6.07, 6.45) is 3.55. The lowest BCUT2D eigenvalue weighted by atomic mass is 10.2. The number of rotatable bonds is 3. The van der Waals surface area contributed by atoms with Crippen LogP contribution in [0.1, 0.15) is 10.6 Å². The Morgan fingerprint density at radius 3 is 2.67 bits per heavy atom. The molecule has 0 spiro atoms. The maximum absolute atomic E-state index is 9.23. The molecular formula is C17H16N6S. The molecule has 3 aromatic heterocycles. The second kappa shape index (κ2) is 6.51. The molecule has 0 unspecified atom stereocenters. The van der Waals surface area contributed by atoms with Gasteiger partial charge in [0.05, 0.1) is 12.1 Å². The molecule has 0 aromatic carbocycles. The van der Waals surface area contributed by atoms with Gasteiger partial charge < -0.3 is 4.90 Å². The highest BCUT2D eigenvalue weighted by atomic mass is 32.1. The standard InChI is InChI=1S/C17H16N6S/c18-11-13-3-1-5-19-16(13)23-9-7-22(8-10-23)12-15-21-14-4-2-6-20-17(14)24-15/h1-6H,7-10,12H2. The molecule has 4 rings (SSSR count). The first-order valence-corrected chi connectivity index (χ1v) is 8.68. The third-order valence-electron chi connectivity index (χ3n) is 4.15. The minimum Gasteiger partial charge on any atom is -0.353 e. The van der Waals surface area contributed by atoms with Crippen LogP contribution in [0.2, 0.25) is 0 Å². The van der Waals surface area contributed by atoms with E-state index in [0.717, 1.165) is 53.9 Å². The monoisotopic (exact) mass is 336 g/mol. The Bertz CT molecular complexity index is 858. The van der Waals surface area contributed by atoms with Gasteiger partial charge in [0.1, 0.15) is 27.2 Å². The number of hydrogen-bond acceptors (Lipinski definition) is 7. The van der Waals surface area contributed by atoms with Crippen LogP contribution >= 0.6 is 11.3 Å². The summed E-state index contributed by atoms with van der Waals surface area (Å²) in [4.78, 5) is 19.0. The summed E-state index contributed by atoms with van der Waals surface area (Å²) in [5.74, 6) is 0.795. The lowest BCUT2D eigenvalue weighted by molar-refractivity contribution is 0.249. The number of anilines is 1. The fourth-order valence-electron chi connectivity index (χ4n) is 2.93. The molecule has 0 N–H and O–H groups in total. The molecular weight excluding hydrogens is 320 g/mol. The van der Waals surface area contributed by atoms with Crippen LogP contribution in [0.4, 0.5) is 5.82 Å². The van der Waals surface area contributed by atoms with Crippen molar-refractivity contribution in [1.82, 2.24) is 19.9 Å². The van der Waals surface area contributed by atoms with Crippen LogP contribution in [-0.4, -0.2) is 46.0 Å². The molecule has 0 amide bonds. The van der Waals surface area contributed by atoms with E-state index in [1.165, 1.54) is 0 Å². The minimum atomic E-state index is 0.642. The molecule has 0 bridgehead atoms. The number of hydrogen-bond donors (Lipinski definition) is 0. The van der Waals surface area contributed by atoms with Crippen LogP contribution < -0.4 is 4.90 Å². The average molecular weight is 336 g/mol. The predicted molar refractivity (Wildman–Crippen MR) is 93.9 cm³/mol. The summed E-state index contributed by atoms with van der Waals surface area (Å²) >= 11 is 1.66. The van der Waals surface area contributed by atoms with Crippen molar-refractivity contribution in [3.05, 3.63) is 47.2 Å². The van der Waals surface area contributed by atoms with E-state index in [1.54, 1.807) is 23.6 Å². The van der Waals surface area contributed by atoms with Crippen LogP contribution in [-0.2, 0) is 6.54 Å². The molecule has 3 aromatic rings. The van der Waals surface area contributed by atoms with E-state index in [4.69, 9.17) is 0 Å². The van der Waals surface area contributed by atoms with E-state index in [1.807, 2.05) is 24.4 Å². The molecule has 4 heterocycles. The first-order valence-electron chi connectivity index (χ1n) is 7.86. The van der Waals surface area contributed by atoms with Gasteiger partial charge in [-0.1, -0.05) is 11.3 Å². The maximum atomic E-state index is 9.23. The molecule has 7 heteroatoms. The normalized spacial score (nSPS) is 15.5. The zero-order valence-electron chi connectivity index (χ0n) is 13.1. The number of fused-ring (bicyclic) bond motifs is 1. The van der Waals surface area contributed by atoms with Crippen molar-refractivity contribution in [2.24, 2.45) is 0 Å². The van der Waals surface area contributed by atoms with Gasteiger partial charge in [0.25, 0.3) is 0 Å². The quantitative estimate of drug-likeness (QED) is 0.731. The van der Waals surface area contributed by atoms with Gasteiger partial charge in [-0.15, -0.1) is 0 Å². The highest BCUT2D eigenvalue weighted by Crippen LogP contribution is 2.22. The molecule has 0 saturated carbocycles. The number of nitriles is 1. The molecule has 24 heavy (non-hydrogen) atoms. The Balaban J connectivity index is 1.42. The van der Waals surface area contributed by atoms with Crippen LogP contribution in [0.25, 0.3) is 10.3 Å². The molecule has 1 aliphatic heterocycles. The van der Waals surface area contributed by atoms with Crippen molar-refractivity contribution in [3.8, 4) is 6.07 Å². The Morgan fingerprint density at radius 1 is 1.08 bits per heavy atom. The number of piperazine rings is 1. The van der Waals surface area contributed by atoms with E-state index in [0.29, 0.717) is 5.56 Å². The van der Waals surface area contributed by atoms with Gasteiger partial charge in [0.15, 0.2) is 0 Å². The summed E-state index contributed by atoms with van der Waals surface area (Å²) in [7, 11) is 0. The number of thiazole rings is 1. The van der Waals surface area contributed by atoms with Crippen molar-refractivity contribution < 1.29 is 0 Å². The van der Waals surface area contributed by atoms with Crippen molar-refractivity contribution >= 4 is 27.5 Å². The highest BCUT2D eigenvalue weighted by Gasteiger charge is 2.21. The van der Waals surface area contributed by atoms with E-state index < -0.39 is 0 Å². The van der Waals surface area contributed by atoms with Crippen molar-refractivity contribution in [1.29, 1.82) is 5.26 Å². The van der Waals surface area contributed by atoms with Crippen LogP contribution in [0.5, 0.6) is 0 Å². The van der Waals surface area contributed by atoms with Gasteiger partial charge in [0.2, 0.25) is 0 Å². The summed E-state index contributed by atoms with van der Waals surface area (Å²) < 4.78 is 0. The Labute approximate surface area is 144 Å². The molecule has 1 saturated heterocycles. The van der Waals surface area contributed by atoms with Crippen molar-refractivity contribution in [3.63, 3.8) is 0 Å². The predicted octanol–water partition coefficient (Wildman–Crippen LogP) is 2.28. The Hall–Kier alpha value is -2.56. The van der Waals surface area contributed by atoms with Gasteiger partial charge in [0, 0.05) is 38.6 Å². The molecule has 1 fully saturated rings. The Kier molecular flexibility index (Phi) is 4.07. The van der Waals surface area contributed by atoms with E-state index in [9.17, 15) is 5.26 Å². The fourth-order valence-corrected chi connectivity index (χ4v) is 3.87. The van der Waals surface area contributed by atoms with Crippen LogP contribution in [0.15, 0.2) is 36.7 Å². The summed E-state index contributed by atoms with van der Waals surface area (Å²) in [6, 6.07) is 9.78. The number of nitrogens with zero attached hydrogens (tertiary/aromatic N) is 6. The Morgan fingerprint density at radius 2 is 1.88 bits per heavy atom. The fraction of sp³-hybridized carbons (Fsp3) is 0.294. The average Bonchev–Trinajstić information content (AvgIpc) is 3.04. The zero-order valence-corrected chi connectivity index (χ0v) is 13.9. The van der Waals surface area contributed by atoms with E-state index in [-0.39, 0.29) is 0 Å². The minimum absolute atomic E-state index is 0.642. The molecule has 0 radical (unpaired) electrons. The molecule has 6 nitrogen and oxygen atoms in total. The first-order chi connectivity index (χ1) is 11.8. The molecule has 0 aliphatic carbocycles. The van der Waals surface area contributed by atoms with Crippen LogP contribution in [0.3, 0.4) is 0 Å². The lowest BCUT2D eigenvalue weighted by Crippen LogP contribution is -2.46. The second-order valence-corrected chi connectivity index (χ2v) is 6.75. The molecule has 120 valence electrons. The topological polar surface area (TPSA) is 68.9 Å². The summed E-state index contributed by atoms with van der Waals surface area (Å²) in [6.45, 7) is 4.46. The number of aromatic nitrogens is 3. The SMILES string of the molecule is N#Cc1cccnc1N1CCN(Cc2nc3cccnc3s2)CC1. The van der Waals surface area contributed by atoms with Gasteiger partial charge in [-0.3, -0.25) is 4.90 Å². The first kappa shape index (κ1) is 15.0. The van der Waals surface area contributed by atoms with Gasteiger partial charge >= 0.3 is 0 Å². The van der Waals surface area contributed by atoms with Gasteiger partial charge in [-0.2, -0.15) is 5.26 Å². The largest absolute Gasteiger partial charge is 0.353 e. The second-order valence-electron chi connectivity index (χ2n) is 5.68. The molecule has 0 atom stereocenters. The van der Waals surface area contributed by atoms with Gasteiger partial charge in [-0.25, -0.2) is 15.0 Å². The van der Waals surface area contributed by atoms with Crippen molar-refractivity contribution in [2.45, 2.75) is 6.54 Å². The maximum Gasteiger partial charge on any atom is 0.146 e. The van der Waals surface area contributed by atoms with E-state index in [2.05, 4.69) is 30.8 Å². The van der Waals surface area contributed by atoms with Crippen molar-refractivity contribution in [2.75, 3.05) is 31.1 Å². The van der Waals surface area contributed by atoms with E-state index >= 15 is 0 Å². The summed E-state index contributed by atoms with van der Waals surface area (Å²) in [5, 5.41) is 10.3. The molecule has 1 aliphatic rings. The highest BCUT2D eigenvalue weighted by molar-refractivity contribution is 7.18. The third-order valence-corrected chi connectivity index (χ3v) is 5.11. The summed E-state index contributed by atoms with van der Waals surface area (Å²) in [5.41, 5.74) is 1.62. The number of pyridine rings is 2. The third kappa shape index (κ3) is 2.94. The van der Waals surface area contributed by atoms with Crippen LogP contribution in [0, 0.1) is 11.3 Å². The zero-order chi connectivity index (χ0) is 16.4. The lowest BCUT2D eigenvalue weighted by Gasteiger charge is -2.35.